The van der Waals surface area contributed by atoms with Gasteiger partial charge in [0.25, 0.3) is 5.91 Å². The van der Waals surface area contributed by atoms with Crippen molar-refractivity contribution in [2.45, 2.75) is 19.4 Å². The maximum atomic E-state index is 13.4. The van der Waals surface area contributed by atoms with E-state index in [9.17, 15) is 13.6 Å². The van der Waals surface area contributed by atoms with Crippen LogP contribution in [0.5, 0.6) is 0 Å². The minimum atomic E-state index is -0.626. The zero-order valence-electron chi connectivity index (χ0n) is 9.13. The Kier molecular flexibility index (Phi) is 3.03. The fourth-order valence-corrected chi connectivity index (χ4v) is 1.50. The molecule has 0 bridgehead atoms. The molecule has 0 saturated heterocycles. The third-order valence-corrected chi connectivity index (χ3v) is 2.43. The van der Waals surface area contributed by atoms with Gasteiger partial charge in [0.05, 0.1) is 0 Å². The van der Waals surface area contributed by atoms with Gasteiger partial charge in [0.1, 0.15) is 23.5 Å². The lowest BCUT2D eigenvalue weighted by molar-refractivity contribution is -0.122. The summed E-state index contributed by atoms with van der Waals surface area (Å²) in [5, 5.41) is 0. The zero-order chi connectivity index (χ0) is 12.4. The Morgan fingerprint density at radius 1 is 1.35 bits per heavy atom. The second-order valence-electron chi connectivity index (χ2n) is 3.78. The number of aliphatic imine (C=N–C) groups is 1. The molecular formula is C11H11F2N3O. The SMILES string of the molecule is CC1N=C(Cc2ccc(F)cc2F)NNC1=O. The summed E-state index contributed by atoms with van der Waals surface area (Å²) in [5.74, 6) is -1.04. The molecule has 2 N–H and O–H groups in total. The lowest BCUT2D eigenvalue weighted by atomic mass is 10.1. The van der Waals surface area contributed by atoms with E-state index in [1.807, 2.05) is 0 Å². The summed E-state index contributed by atoms with van der Waals surface area (Å²) in [7, 11) is 0. The molecule has 90 valence electrons. The van der Waals surface area contributed by atoms with E-state index in [0.717, 1.165) is 6.07 Å². The first-order chi connectivity index (χ1) is 8.06. The van der Waals surface area contributed by atoms with Crippen molar-refractivity contribution in [2.75, 3.05) is 0 Å². The number of nitrogens with one attached hydrogen (secondary N) is 2. The number of carbonyl (C=O) groups is 1. The number of halogens is 2. The number of amides is 1. The quantitative estimate of drug-likeness (QED) is 0.806. The maximum Gasteiger partial charge on any atom is 0.262 e. The van der Waals surface area contributed by atoms with Crippen molar-refractivity contribution in [1.82, 2.24) is 10.9 Å². The molecule has 1 aromatic carbocycles. The fraction of sp³-hybridized carbons (Fsp3) is 0.273. The Labute approximate surface area is 96.7 Å². The largest absolute Gasteiger partial charge is 0.285 e. The van der Waals surface area contributed by atoms with Crippen molar-refractivity contribution in [3.8, 4) is 0 Å². The van der Waals surface area contributed by atoms with Gasteiger partial charge in [-0.05, 0) is 18.6 Å². The van der Waals surface area contributed by atoms with Gasteiger partial charge in [-0.2, -0.15) is 0 Å². The monoisotopic (exact) mass is 239 g/mol. The van der Waals surface area contributed by atoms with Crippen LogP contribution in [0.1, 0.15) is 12.5 Å². The van der Waals surface area contributed by atoms with Gasteiger partial charge in [0.2, 0.25) is 0 Å². The summed E-state index contributed by atoms with van der Waals surface area (Å²) in [5.41, 5.74) is 5.32. The highest BCUT2D eigenvalue weighted by Gasteiger charge is 2.18. The molecule has 0 radical (unpaired) electrons. The molecule has 1 aromatic rings. The predicted molar refractivity (Wildman–Crippen MR) is 58.2 cm³/mol. The molecule has 0 fully saturated rings. The Morgan fingerprint density at radius 2 is 2.12 bits per heavy atom. The number of hydrazine groups is 1. The average molecular weight is 239 g/mol. The summed E-state index contributed by atoms with van der Waals surface area (Å²) in [6.45, 7) is 1.64. The molecule has 0 spiro atoms. The normalized spacial score (nSPS) is 19.4. The van der Waals surface area contributed by atoms with E-state index >= 15 is 0 Å². The molecule has 1 heterocycles. The van der Waals surface area contributed by atoms with Crippen molar-refractivity contribution >= 4 is 11.7 Å². The molecule has 1 aliphatic heterocycles. The van der Waals surface area contributed by atoms with Crippen LogP contribution in [-0.2, 0) is 11.2 Å². The molecule has 2 rings (SSSR count). The number of hydrogen-bond acceptors (Lipinski definition) is 3. The van der Waals surface area contributed by atoms with Gasteiger partial charge in [-0.15, -0.1) is 0 Å². The Balaban J connectivity index is 2.16. The number of carbonyl (C=O) groups excluding carboxylic acids is 1. The Bertz CT molecular complexity index is 488. The standard InChI is InChI=1S/C11H11F2N3O/c1-6-11(17)16-15-10(14-6)4-7-2-3-8(12)5-9(7)13/h2-3,5-6H,4H2,1H3,(H,14,15)(H,16,17). The van der Waals surface area contributed by atoms with Crippen LogP contribution in [0.25, 0.3) is 0 Å². The molecular weight excluding hydrogens is 228 g/mol. The van der Waals surface area contributed by atoms with Crippen molar-refractivity contribution < 1.29 is 13.6 Å². The minimum absolute atomic E-state index is 0.177. The summed E-state index contributed by atoms with van der Waals surface area (Å²) in [6.07, 6.45) is 0.177. The number of rotatable bonds is 2. The van der Waals surface area contributed by atoms with E-state index in [4.69, 9.17) is 0 Å². The zero-order valence-corrected chi connectivity index (χ0v) is 9.13. The molecule has 0 aliphatic carbocycles. The van der Waals surface area contributed by atoms with Gasteiger partial charge in [-0.1, -0.05) is 6.07 Å². The highest BCUT2D eigenvalue weighted by Crippen LogP contribution is 2.11. The van der Waals surface area contributed by atoms with Gasteiger partial charge in [0, 0.05) is 12.5 Å². The molecule has 17 heavy (non-hydrogen) atoms. The predicted octanol–water partition coefficient (Wildman–Crippen LogP) is 0.929. The third kappa shape index (κ3) is 2.58. The first kappa shape index (κ1) is 11.5. The van der Waals surface area contributed by atoms with Crippen LogP contribution in [0, 0.1) is 11.6 Å². The summed E-state index contributed by atoms with van der Waals surface area (Å²) in [4.78, 5) is 15.2. The molecule has 1 amide bonds. The Morgan fingerprint density at radius 3 is 2.76 bits per heavy atom. The van der Waals surface area contributed by atoms with Gasteiger partial charge in [-0.3, -0.25) is 20.6 Å². The molecule has 0 aromatic heterocycles. The topological polar surface area (TPSA) is 53.5 Å². The summed E-state index contributed by atoms with van der Waals surface area (Å²) >= 11 is 0. The van der Waals surface area contributed by atoms with E-state index in [-0.39, 0.29) is 12.3 Å². The van der Waals surface area contributed by atoms with E-state index in [2.05, 4.69) is 15.8 Å². The van der Waals surface area contributed by atoms with Crippen molar-refractivity contribution in [3.05, 3.63) is 35.4 Å². The van der Waals surface area contributed by atoms with E-state index in [1.165, 1.54) is 12.1 Å². The smallest absolute Gasteiger partial charge is 0.262 e. The summed E-state index contributed by atoms with van der Waals surface area (Å²) < 4.78 is 26.1. The highest BCUT2D eigenvalue weighted by molar-refractivity contribution is 5.94. The third-order valence-electron chi connectivity index (χ3n) is 2.43. The van der Waals surface area contributed by atoms with Gasteiger partial charge < -0.3 is 0 Å². The van der Waals surface area contributed by atoms with E-state index in [0.29, 0.717) is 11.4 Å². The van der Waals surface area contributed by atoms with Crippen LogP contribution in [0.4, 0.5) is 8.78 Å². The van der Waals surface area contributed by atoms with Crippen LogP contribution in [0.3, 0.4) is 0 Å². The molecule has 1 unspecified atom stereocenters. The number of amidine groups is 1. The first-order valence-corrected chi connectivity index (χ1v) is 5.13. The molecule has 4 nitrogen and oxygen atoms in total. The molecule has 1 atom stereocenters. The lowest BCUT2D eigenvalue weighted by Crippen LogP contribution is -2.50. The minimum Gasteiger partial charge on any atom is -0.285 e. The molecule has 1 aliphatic rings. The highest BCUT2D eigenvalue weighted by atomic mass is 19.1. The number of nitrogens with zero attached hydrogens (tertiary/aromatic N) is 1. The first-order valence-electron chi connectivity index (χ1n) is 5.13. The lowest BCUT2D eigenvalue weighted by Gasteiger charge is -2.19. The average Bonchev–Trinajstić information content (AvgIpc) is 2.27. The maximum absolute atomic E-state index is 13.4. The van der Waals surface area contributed by atoms with E-state index < -0.39 is 17.7 Å². The molecule has 0 saturated carbocycles. The fourth-order valence-electron chi connectivity index (χ4n) is 1.50. The summed E-state index contributed by atoms with van der Waals surface area (Å²) in [6, 6.07) is 2.86. The number of benzene rings is 1. The van der Waals surface area contributed by atoms with Crippen molar-refractivity contribution in [1.29, 1.82) is 0 Å². The van der Waals surface area contributed by atoms with Crippen LogP contribution < -0.4 is 10.9 Å². The van der Waals surface area contributed by atoms with Crippen LogP contribution in [0.2, 0.25) is 0 Å². The van der Waals surface area contributed by atoms with Gasteiger partial charge in [0.15, 0.2) is 0 Å². The second kappa shape index (κ2) is 4.48. The Hall–Kier alpha value is -1.98. The second-order valence-corrected chi connectivity index (χ2v) is 3.78. The van der Waals surface area contributed by atoms with Crippen molar-refractivity contribution in [3.63, 3.8) is 0 Å². The number of hydrogen-bond donors (Lipinski definition) is 2. The van der Waals surface area contributed by atoms with Gasteiger partial charge >= 0.3 is 0 Å². The van der Waals surface area contributed by atoms with Crippen LogP contribution in [-0.4, -0.2) is 17.8 Å². The molecule has 6 heteroatoms. The van der Waals surface area contributed by atoms with Crippen LogP contribution in [0.15, 0.2) is 23.2 Å². The van der Waals surface area contributed by atoms with Gasteiger partial charge in [-0.25, -0.2) is 8.78 Å². The van der Waals surface area contributed by atoms with Crippen LogP contribution >= 0.6 is 0 Å². The van der Waals surface area contributed by atoms with E-state index in [1.54, 1.807) is 6.92 Å². The van der Waals surface area contributed by atoms with Crippen molar-refractivity contribution in [2.24, 2.45) is 4.99 Å².